The number of rotatable bonds is 7. The Balaban J connectivity index is 1.97. The van der Waals surface area contributed by atoms with Crippen LogP contribution in [0.4, 0.5) is 5.69 Å². The quantitative estimate of drug-likeness (QED) is 0.475. The molecule has 0 spiro atoms. The Kier molecular flexibility index (Phi) is 7.45. The van der Waals surface area contributed by atoms with E-state index in [1.807, 2.05) is 12.1 Å². The standard InChI is InChI=1S/C20H23N3O3S2/c1-4-13-21-28(25,26)18-11-9-17(10-12-18)22-20(27)23-19(24)16-7-5-15(6-8-16)14(2)3/h4-12,14,21H,1,13H2,2-3H3,(H2,22,23,24,27). The number of hydrogen-bond donors (Lipinski definition) is 3. The van der Waals surface area contributed by atoms with E-state index in [4.69, 9.17) is 12.2 Å². The Bertz CT molecular complexity index is 951. The number of carbonyl (C=O) groups excluding carboxylic acids is 1. The van der Waals surface area contributed by atoms with Gasteiger partial charge >= 0.3 is 0 Å². The second kappa shape index (κ2) is 9.59. The highest BCUT2D eigenvalue weighted by Crippen LogP contribution is 2.15. The number of amides is 1. The molecule has 0 heterocycles. The van der Waals surface area contributed by atoms with Crippen molar-refractivity contribution < 1.29 is 13.2 Å². The van der Waals surface area contributed by atoms with Crippen molar-refractivity contribution in [1.82, 2.24) is 10.0 Å². The van der Waals surface area contributed by atoms with E-state index in [-0.39, 0.29) is 22.5 Å². The zero-order chi connectivity index (χ0) is 20.7. The molecule has 0 radical (unpaired) electrons. The van der Waals surface area contributed by atoms with Gasteiger partial charge in [-0.15, -0.1) is 6.58 Å². The lowest BCUT2D eigenvalue weighted by molar-refractivity contribution is 0.0977. The van der Waals surface area contributed by atoms with E-state index in [9.17, 15) is 13.2 Å². The minimum Gasteiger partial charge on any atom is -0.332 e. The van der Waals surface area contributed by atoms with Crippen molar-refractivity contribution in [1.29, 1.82) is 0 Å². The van der Waals surface area contributed by atoms with Gasteiger partial charge in [0.15, 0.2) is 5.11 Å². The first-order valence-electron chi connectivity index (χ1n) is 8.66. The van der Waals surface area contributed by atoms with Gasteiger partial charge in [0.1, 0.15) is 0 Å². The zero-order valence-corrected chi connectivity index (χ0v) is 17.4. The van der Waals surface area contributed by atoms with Crippen LogP contribution in [0.3, 0.4) is 0 Å². The van der Waals surface area contributed by atoms with E-state index >= 15 is 0 Å². The van der Waals surface area contributed by atoms with Crippen LogP contribution in [0.25, 0.3) is 0 Å². The van der Waals surface area contributed by atoms with E-state index in [1.54, 1.807) is 24.3 Å². The first-order valence-corrected chi connectivity index (χ1v) is 10.5. The highest BCUT2D eigenvalue weighted by molar-refractivity contribution is 7.89. The first-order chi connectivity index (χ1) is 13.2. The molecule has 8 heteroatoms. The van der Waals surface area contributed by atoms with Crippen LogP contribution in [0.15, 0.2) is 66.1 Å². The van der Waals surface area contributed by atoms with E-state index in [1.165, 1.54) is 18.2 Å². The van der Waals surface area contributed by atoms with Gasteiger partial charge in [-0.1, -0.05) is 32.1 Å². The molecule has 148 valence electrons. The summed E-state index contributed by atoms with van der Waals surface area (Å²) in [5.41, 5.74) is 2.21. The molecule has 1 amide bonds. The van der Waals surface area contributed by atoms with Gasteiger partial charge in [0.2, 0.25) is 10.0 Å². The highest BCUT2D eigenvalue weighted by atomic mass is 32.2. The Labute approximate surface area is 171 Å². The molecule has 3 N–H and O–H groups in total. The van der Waals surface area contributed by atoms with Gasteiger partial charge in [-0.25, -0.2) is 13.1 Å². The van der Waals surface area contributed by atoms with E-state index in [2.05, 4.69) is 35.8 Å². The molecule has 0 aliphatic rings. The van der Waals surface area contributed by atoms with Gasteiger partial charge in [0.25, 0.3) is 5.91 Å². The molecule has 28 heavy (non-hydrogen) atoms. The van der Waals surface area contributed by atoms with Gasteiger partial charge in [0, 0.05) is 17.8 Å². The Hall–Kier alpha value is -2.55. The number of benzene rings is 2. The topological polar surface area (TPSA) is 87.3 Å². The van der Waals surface area contributed by atoms with E-state index < -0.39 is 10.0 Å². The summed E-state index contributed by atoms with van der Waals surface area (Å²) in [5.74, 6) is 0.0687. The van der Waals surface area contributed by atoms with Crippen molar-refractivity contribution in [3.05, 3.63) is 72.3 Å². The molecule has 0 bridgehead atoms. The number of hydrogen-bond acceptors (Lipinski definition) is 4. The summed E-state index contributed by atoms with van der Waals surface area (Å²) in [6, 6.07) is 13.4. The maximum absolute atomic E-state index is 12.3. The second-order valence-electron chi connectivity index (χ2n) is 6.35. The molecular formula is C20H23N3O3S2. The summed E-state index contributed by atoms with van der Waals surface area (Å²) >= 11 is 5.16. The third kappa shape index (κ3) is 5.98. The second-order valence-corrected chi connectivity index (χ2v) is 8.53. The zero-order valence-electron chi connectivity index (χ0n) is 15.7. The van der Waals surface area contributed by atoms with Crippen LogP contribution in [-0.2, 0) is 10.0 Å². The van der Waals surface area contributed by atoms with Crippen LogP contribution in [-0.4, -0.2) is 26.0 Å². The van der Waals surface area contributed by atoms with Gasteiger partial charge < -0.3 is 5.32 Å². The van der Waals surface area contributed by atoms with Crippen molar-refractivity contribution in [3.8, 4) is 0 Å². The molecule has 0 unspecified atom stereocenters. The normalized spacial score (nSPS) is 11.1. The molecule has 6 nitrogen and oxygen atoms in total. The van der Waals surface area contributed by atoms with Crippen LogP contribution in [0.1, 0.15) is 35.7 Å². The van der Waals surface area contributed by atoms with Crippen molar-refractivity contribution in [2.24, 2.45) is 0 Å². The minimum absolute atomic E-state index is 0.123. The fraction of sp³-hybridized carbons (Fsp3) is 0.200. The predicted molar refractivity (Wildman–Crippen MR) is 116 cm³/mol. The van der Waals surface area contributed by atoms with Crippen LogP contribution in [0, 0.1) is 0 Å². The van der Waals surface area contributed by atoms with Crippen molar-refractivity contribution in [3.63, 3.8) is 0 Å². The number of nitrogens with one attached hydrogen (secondary N) is 3. The van der Waals surface area contributed by atoms with Crippen LogP contribution >= 0.6 is 12.2 Å². The SMILES string of the molecule is C=CCNS(=O)(=O)c1ccc(NC(=S)NC(=O)c2ccc(C(C)C)cc2)cc1. The molecule has 0 fully saturated rings. The molecule has 2 aromatic rings. The lowest BCUT2D eigenvalue weighted by atomic mass is 10.0. The van der Waals surface area contributed by atoms with E-state index in [0.717, 1.165) is 5.56 Å². The number of anilines is 1. The molecule has 0 saturated heterocycles. The lowest BCUT2D eigenvalue weighted by Crippen LogP contribution is -2.34. The molecule has 0 atom stereocenters. The predicted octanol–water partition coefficient (Wildman–Crippen LogP) is 3.40. The van der Waals surface area contributed by atoms with Crippen LogP contribution in [0.2, 0.25) is 0 Å². The smallest absolute Gasteiger partial charge is 0.257 e. The summed E-state index contributed by atoms with van der Waals surface area (Å²) in [7, 11) is -3.58. The minimum atomic E-state index is -3.58. The Morgan fingerprint density at radius 1 is 1.11 bits per heavy atom. The number of thiocarbonyl (C=S) groups is 1. The lowest BCUT2D eigenvalue weighted by Gasteiger charge is -2.11. The average molecular weight is 418 g/mol. The van der Waals surface area contributed by atoms with Gasteiger partial charge in [0.05, 0.1) is 4.90 Å². The molecule has 0 saturated carbocycles. The van der Waals surface area contributed by atoms with Crippen molar-refractivity contribution >= 4 is 38.9 Å². The summed E-state index contributed by atoms with van der Waals surface area (Å²) < 4.78 is 26.5. The summed E-state index contributed by atoms with van der Waals surface area (Å²) in [5, 5.41) is 5.59. The van der Waals surface area contributed by atoms with Crippen LogP contribution in [0.5, 0.6) is 0 Å². The molecule has 0 aromatic heterocycles. The fourth-order valence-corrected chi connectivity index (χ4v) is 3.54. The largest absolute Gasteiger partial charge is 0.332 e. The third-order valence-electron chi connectivity index (χ3n) is 3.91. The number of carbonyl (C=O) groups is 1. The van der Waals surface area contributed by atoms with E-state index in [0.29, 0.717) is 17.2 Å². The molecule has 0 aliphatic carbocycles. The summed E-state index contributed by atoms with van der Waals surface area (Å²) in [4.78, 5) is 12.4. The summed E-state index contributed by atoms with van der Waals surface area (Å²) in [6.45, 7) is 7.79. The van der Waals surface area contributed by atoms with Crippen molar-refractivity contribution in [2.45, 2.75) is 24.7 Å². The number of sulfonamides is 1. The monoisotopic (exact) mass is 417 g/mol. The molecule has 2 aromatic carbocycles. The van der Waals surface area contributed by atoms with Gasteiger partial charge in [-0.2, -0.15) is 0 Å². The van der Waals surface area contributed by atoms with Crippen molar-refractivity contribution in [2.75, 3.05) is 11.9 Å². The highest BCUT2D eigenvalue weighted by Gasteiger charge is 2.13. The fourth-order valence-electron chi connectivity index (χ4n) is 2.33. The maximum atomic E-state index is 12.3. The average Bonchev–Trinajstić information content (AvgIpc) is 2.66. The molecule has 0 aliphatic heterocycles. The molecular weight excluding hydrogens is 394 g/mol. The first kappa shape index (κ1) is 21.7. The van der Waals surface area contributed by atoms with Gasteiger partial charge in [-0.3, -0.25) is 10.1 Å². The van der Waals surface area contributed by atoms with Gasteiger partial charge in [-0.05, 0) is 60.1 Å². The summed E-state index contributed by atoms with van der Waals surface area (Å²) in [6.07, 6.45) is 1.46. The van der Waals surface area contributed by atoms with Crippen LogP contribution < -0.4 is 15.4 Å². The third-order valence-corrected chi connectivity index (χ3v) is 5.55. The maximum Gasteiger partial charge on any atom is 0.257 e. The molecule has 2 rings (SSSR count). The Morgan fingerprint density at radius 2 is 1.71 bits per heavy atom. The Morgan fingerprint density at radius 3 is 2.25 bits per heavy atom.